The molecule has 0 aliphatic heterocycles. The van der Waals surface area contributed by atoms with Crippen molar-refractivity contribution in [2.24, 2.45) is 5.92 Å². The van der Waals surface area contributed by atoms with Crippen molar-refractivity contribution in [3.05, 3.63) is 35.9 Å². The van der Waals surface area contributed by atoms with Gasteiger partial charge in [-0.1, -0.05) is 44.2 Å². The Labute approximate surface area is 127 Å². The van der Waals surface area contributed by atoms with Crippen LogP contribution in [0.2, 0.25) is 0 Å². The first kappa shape index (κ1) is 17.2. The topological polar surface area (TPSA) is 49.4 Å². The molecule has 1 rings (SSSR count). The maximum Gasteiger partial charge on any atom is 0.224 e. The first-order valence-corrected chi connectivity index (χ1v) is 7.55. The smallest absolute Gasteiger partial charge is 0.224 e. The van der Waals surface area contributed by atoms with Gasteiger partial charge >= 0.3 is 0 Å². The summed E-state index contributed by atoms with van der Waals surface area (Å²) in [5.41, 5.74) is 0.998. The highest BCUT2D eigenvalue weighted by atomic mass is 16.2. The normalized spacial score (nSPS) is 10.5. The average molecular weight is 290 g/mol. The van der Waals surface area contributed by atoms with Gasteiger partial charge in [-0.2, -0.15) is 0 Å². The van der Waals surface area contributed by atoms with E-state index in [1.165, 1.54) is 0 Å². The molecule has 1 aromatic carbocycles. The van der Waals surface area contributed by atoms with E-state index in [2.05, 4.69) is 19.2 Å². The number of amides is 2. The Balaban J connectivity index is 2.29. The van der Waals surface area contributed by atoms with E-state index in [4.69, 9.17) is 0 Å². The van der Waals surface area contributed by atoms with Gasteiger partial charge in [-0.15, -0.1) is 0 Å². The van der Waals surface area contributed by atoms with Crippen molar-refractivity contribution in [3.63, 3.8) is 0 Å². The summed E-state index contributed by atoms with van der Waals surface area (Å²) in [7, 11) is 0. The second-order valence-electron chi connectivity index (χ2n) is 5.70. The van der Waals surface area contributed by atoms with Crippen molar-refractivity contribution in [2.45, 2.75) is 33.6 Å². The molecule has 0 saturated heterocycles. The van der Waals surface area contributed by atoms with E-state index in [9.17, 15) is 9.59 Å². The Bertz CT molecular complexity index is 443. The van der Waals surface area contributed by atoms with Gasteiger partial charge in [0.2, 0.25) is 11.8 Å². The number of hydrogen-bond donors (Lipinski definition) is 1. The van der Waals surface area contributed by atoms with E-state index < -0.39 is 0 Å². The van der Waals surface area contributed by atoms with Crippen molar-refractivity contribution in [1.29, 1.82) is 0 Å². The first-order valence-electron chi connectivity index (χ1n) is 7.55. The number of nitrogens with one attached hydrogen (secondary N) is 1. The summed E-state index contributed by atoms with van der Waals surface area (Å²) in [6, 6.07) is 9.65. The van der Waals surface area contributed by atoms with Crippen molar-refractivity contribution >= 4 is 11.8 Å². The molecule has 1 N–H and O–H groups in total. The molecule has 0 fully saturated rings. The van der Waals surface area contributed by atoms with Gasteiger partial charge in [-0.3, -0.25) is 9.59 Å². The lowest BCUT2D eigenvalue weighted by molar-refractivity contribution is -0.129. The molecular weight excluding hydrogens is 264 g/mol. The molecule has 116 valence electrons. The summed E-state index contributed by atoms with van der Waals surface area (Å²) in [5.74, 6) is 0.626. The van der Waals surface area contributed by atoms with Gasteiger partial charge in [0.15, 0.2) is 0 Å². The molecule has 1 aromatic rings. The summed E-state index contributed by atoms with van der Waals surface area (Å²) in [4.78, 5) is 25.1. The fourth-order valence-electron chi connectivity index (χ4n) is 2.01. The fraction of sp³-hybridized carbons (Fsp3) is 0.529. The zero-order chi connectivity index (χ0) is 15.7. The molecule has 2 amide bonds. The highest BCUT2D eigenvalue weighted by Crippen LogP contribution is 2.02. The van der Waals surface area contributed by atoms with Crippen molar-refractivity contribution in [3.8, 4) is 0 Å². The van der Waals surface area contributed by atoms with E-state index in [1.54, 1.807) is 11.8 Å². The predicted octanol–water partition coefficient (Wildman–Crippen LogP) is 2.24. The van der Waals surface area contributed by atoms with Crippen LogP contribution < -0.4 is 5.32 Å². The Morgan fingerprint density at radius 2 is 1.81 bits per heavy atom. The molecule has 0 bridgehead atoms. The van der Waals surface area contributed by atoms with E-state index in [0.717, 1.165) is 18.5 Å². The minimum atomic E-state index is -0.00596. The molecule has 0 radical (unpaired) electrons. The lowest BCUT2D eigenvalue weighted by Gasteiger charge is -2.22. The minimum absolute atomic E-state index is 0.00596. The molecule has 0 aliphatic carbocycles. The van der Waals surface area contributed by atoms with Gasteiger partial charge in [0.25, 0.3) is 0 Å². The Morgan fingerprint density at radius 1 is 1.14 bits per heavy atom. The maximum absolute atomic E-state index is 11.8. The van der Waals surface area contributed by atoms with Crippen LogP contribution in [0.25, 0.3) is 0 Å². The van der Waals surface area contributed by atoms with Gasteiger partial charge in [0, 0.05) is 26.6 Å². The number of hydrogen-bond acceptors (Lipinski definition) is 2. The van der Waals surface area contributed by atoms with Crippen molar-refractivity contribution in [1.82, 2.24) is 10.2 Å². The van der Waals surface area contributed by atoms with Crippen LogP contribution >= 0.6 is 0 Å². The Hall–Kier alpha value is -1.84. The highest BCUT2D eigenvalue weighted by molar-refractivity contribution is 5.78. The second-order valence-corrected chi connectivity index (χ2v) is 5.70. The third kappa shape index (κ3) is 7.49. The molecule has 0 spiro atoms. The molecule has 0 aromatic heterocycles. The standard InChI is InChI=1S/C17H26N2O2/c1-14(2)9-11-19(15(3)20)12-10-18-17(21)13-16-7-5-4-6-8-16/h4-8,14H,9-13H2,1-3H3,(H,18,21). The third-order valence-corrected chi connectivity index (χ3v) is 3.33. The van der Waals surface area contributed by atoms with Gasteiger partial charge in [-0.25, -0.2) is 0 Å². The second kappa shape index (κ2) is 9.16. The summed E-state index contributed by atoms with van der Waals surface area (Å²) < 4.78 is 0. The zero-order valence-electron chi connectivity index (χ0n) is 13.3. The molecule has 0 atom stereocenters. The fourth-order valence-corrected chi connectivity index (χ4v) is 2.01. The monoisotopic (exact) mass is 290 g/mol. The number of carbonyl (C=O) groups excluding carboxylic acids is 2. The Morgan fingerprint density at radius 3 is 2.38 bits per heavy atom. The van der Waals surface area contributed by atoms with Crippen LogP contribution in [-0.4, -0.2) is 36.3 Å². The van der Waals surface area contributed by atoms with Crippen LogP contribution in [0, 0.1) is 5.92 Å². The molecule has 0 unspecified atom stereocenters. The van der Waals surface area contributed by atoms with Crippen LogP contribution in [0.3, 0.4) is 0 Å². The van der Waals surface area contributed by atoms with Crippen LogP contribution in [0.1, 0.15) is 32.8 Å². The summed E-state index contributed by atoms with van der Waals surface area (Å²) in [6.45, 7) is 7.68. The quantitative estimate of drug-likeness (QED) is 0.798. The average Bonchev–Trinajstić information content (AvgIpc) is 2.43. The molecule has 4 heteroatoms. The number of benzene rings is 1. The molecule has 0 heterocycles. The lowest BCUT2D eigenvalue weighted by Crippen LogP contribution is -2.38. The highest BCUT2D eigenvalue weighted by Gasteiger charge is 2.10. The van der Waals surface area contributed by atoms with Crippen molar-refractivity contribution < 1.29 is 9.59 Å². The SMILES string of the molecule is CC(=O)N(CCNC(=O)Cc1ccccc1)CCC(C)C. The number of carbonyl (C=O) groups is 2. The molecule has 21 heavy (non-hydrogen) atoms. The van der Waals surface area contributed by atoms with E-state index >= 15 is 0 Å². The molecule has 0 saturated carbocycles. The summed E-state index contributed by atoms with van der Waals surface area (Å²) in [6.07, 6.45) is 1.37. The van der Waals surface area contributed by atoms with Crippen LogP contribution in [-0.2, 0) is 16.0 Å². The summed E-state index contributed by atoms with van der Waals surface area (Å²) in [5, 5.41) is 2.87. The van der Waals surface area contributed by atoms with Crippen LogP contribution in [0.5, 0.6) is 0 Å². The van der Waals surface area contributed by atoms with Gasteiger partial charge in [-0.05, 0) is 17.9 Å². The lowest BCUT2D eigenvalue weighted by atomic mass is 10.1. The van der Waals surface area contributed by atoms with Gasteiger partial charge in [0.1, 0.15) is 0 Å². The van der Waals surface area contributed by atoms with Gasteiger partial charge in [0.05, 0.1) is 6.42 Å². The van der Waals surface area contributed by atoms with Crippen molar-refractivity contribution in [2.75, 3.05) is 19.6 Å². The first-order chi connectivity index (χ1) is 9.99. The third-order valence-electron chi connectivity index (χ3n) is 3.33. The molecular formula is C17H26N2O2. The van der Waals surface area contributed by atoms with E-state index in [-0.39, 0.29) is 11.8 Å². The molecule has 0 aliphatic rings. The number of nitrogens with zero attached hydrogens (tertiary/aromatic N) is 1. The van der Waals surface area contributed by atoms with E-state index in [0.29, 0.717) is 25.4 Å². The van der Waals surface area contributed by atoms with Crippen LogP contribution in [0.15, 0.2) is 30.3 Å². The van der Waals surface area contributed by atoms with Crippen LogP contribution in [0.4, 0.5) is 0 Å². The summed E-state index contributed by atoms with van der Waals surface area (Å²) >= 11 is 0. The van der Waals surface area contributed by atoms with Gasteiger partial charge < -0.3 is 10.2 Å². The maximum atomic E-state index is 11.8. The largest absolute Gasteiger partial charge is 0.354 e. The Kier molecular flexibility index (Phi) is 7.51. The van der Waals surface area contributed by atoms with E-state index in [1.807, 2.05) is 30.3 Å². The predicted molar refractivity (Wildman–Crippen MR) is 84.9 cm³/mol. The number of rotatable bonds is 8. The minimum Gasteiger partial charge on any atom is -0.354 e. The molecule has 4 nitrogen and oxygen atoms in total. The zero-order valence-corrected chi connectivity index (χ0v) is 13.3.